The summed E-state index contributed by atoms with van der Waals surface area (Å²) < 4.78 is 0. The first-order valence-electron chi connectivity index (χ1n) is 7.04. The Bertz CT molecular complexity index is 310. The summed E-state index contributed by atoms with van der Waals surface area (Å²) in [6.07, 6.45) is 5.52. The summed E-state index contributed by atoms with van der Waals surface area (Å²) in [5, 5.41) is 3.57. The van der Waals surface area contributed by atoms with Crippen LogP contribution < -0.4 is 5.32 Å². The Hall–Kier alpha value is -0.820. The third-order valence-corrected chi connectivity index (χ3v) is 3.93. The fourth-order valence-corrected chi connectivity index (χ4v) is 2.83. The zero-order valence-electron chi connectivity index (χ0n) is 11.2. The van der Waals surface area contributed by atoms with E-state index in [2.05, 4.69) is 49.5 Å². The lowest BCUT2D eigenvalue weighted by atomic mass is 9.78. The summed E-state index contributed by atoms with van der Waals surface area (Å²) in [5.74, 6) is 1.71. The molecule has 0 heterocycles. The normalized spacial score (nSPS) is 25.1. The highest BCUT2D eigenvalue weighted by atomic mass is 14.9. The van der Waals surface area contributed by atoms with E-state index in [-0.39, 0.29) is 0 Å². The lowest BCUT2D eigenvalue weighted by Gasteiger charge is -2.29. The molecule has 0 atom stereocenters. The Morgan fingerprint density at radius 2 is 1.71 bits per heavy atom. The van der Waals surface area contributed by atoms with E-state index in [1.807, 2.05) is 0 Å². The molecule has 1 N–H and O–H groups in total. The Kier molecular flexibility index (Phi) is 4.61. The summed E-state index contributed by atoms with van der Waals surface area (Å²) in [6.45, 7) is 5.67. The molecule has 1 aliphatic carbocycles. The quantitative estimate of drug-likeness (QED) is 0.827. The zero-order chi connectivity index (χ0) is 12.1. The van der Waals surface area contributed by atoms with Crippen LogP contribution in [0.15, 0.2) is 30.3 Å². The maximum atomic E-state index is 3.57. The van der Waals surface area contributed by atoms with Gasteiger partial charge in [-0.25, -0.2) is 0 Å². The van der Waals surface area contributed by atoms with E-state index < -0.39 is 0 Å². The van der Waals surface area contributed by atoms with Crippen molar-refractivity contribution in [2.24, 2.45) is 5.92 Å². The van der Waals surface area contributed by atoms with Gasteiger partial charge < -0.3 is 5.32 Å². The molecule has 2 rings (SSSR count). The van der Waals surface area contributed by atoms with Gasteiger partial charge in [0.15, 0.2) is 0 Å². The highest BCUT2D eigenvalue weighted by Crippen LogP contribution is 2.35. The molecule has 0 unspecified atom stereocenters. The molecule has 1 aromatic carbocycles. The van der Waals surface area contributed by atoms with Crippen LogP contribution in [0.5, 0.6) is 0 Å². The summed E-state index contributed by atoms with van der Waals surface area (Å²) in [4.78, 5) is 0. The Morgan fingerprint density at radius 3 is 2.29 bits per heavy atom. The molecule has 1 saturated carbocycles. The van der Waals surface area contributed by atoms with Crippen molar-refractivity contribution in [2.75, 3.05) is 6.54 Å². The summed E-state index contributed by atoms with van der Waals surface area (Å²) in [5.41, 5.74) is 1.54. The Labute approximate surface area is 106 Å². The molecular weight excluding hydrogens is 206 g/mol. The first kappa shape index (κ1) is 12.6. The minimum Gasteiger partial charge on any atom is -0.314 e. The first-order chi connectivity index (χ1) is 8.25. The highest BCUT2D eigenvalue weighted by Gasteiger charge is 2.21. The third kappa shape index (κ3) is 3.85. The van der Waals surface area contributed by atoms with Gasteiger partial charge in [0.25, 0.3) is 0 Å². The molecule has 1 fully saturated rings. The molecule has 0 spiro atoms. The molecule has 1 aliphatic rings. The van der Waals surface area contributed by atoms with E-state index >= 15 is 0 Å². The van der Waals surface area contributed by atoms with Crippen LogP contribution in [-0.2, 0) is 0 Å². The lowest BCUT2D eigenvalue weighted by Crippen LogP contribution is -2.30. The van der Waals surface area contributed by atoms with Gasteiger partial charge in [-0.2, -0.15) is 0 Å². The minimum atomic E-state index is 0.627. The van der Waals surface area contributed by atoms with Crippen molar-refractivity contribution in [2.45, 2.75) is 51.5 Å². The molecular formula is C16H25N. The Morgan fingerprint density at radius 1 is 1.06 bits per heavy atom. The van der Waals surface area contributed by atoms with E-state index in [9.17, 15) is 0 Å². The van der Waals surface area contributed by atoms with Gasteiger partial charge in [0.1, 0.15) is 0 Å². The lowest BCUT2D eigenvalue weighted by molar-refractivity contribution is 0.308. The van der Waals surface area contributed by atoms with Gasteiger partial charge in [-0.05, 0) is 49.6 Å². The SMILES string of the molecule is CC(C)NCC1CCC(c2ccccc2)CC1. The smallest absolute Gasteiger partial charge is 0.00104 e. The minimum absolute atomic E-state index is 0.627. The molecule has 0 amide bonds. The number of hydrogen-bond donors (Lipinski definition) is 1. The maximum absolute atomic E-state index is 3.57. The van der Waals surface area contributed by atoms with Crippen LogP contribution in [0.4, 0.5) is 0 Å². The Balaban J connectivity index is 1.78. The molecule has 0 radical (unpaired) electrons. The van der Waals surface area contributed by atoms with Gasteiger partial charge in [0.05, 0.1) is 0 Å². The van der Waals surface area contributed by atoms with Crippen LogP contribution in [-0.4, -0.2) is 12.6 Å². The van der Waals surface area contributed by atoms with Crippen LogP contribution in [0.1, 0.15) is 51.0 Å². The average molecular weight is 231 g/mol. The van der Waals surface area contributed by atoms with E-state index in [4.69, 9.17) is 0 Å². The van der Waals surface area contributed by atoms with Crippen LogP contribution in [0, 0.1) is 5.92 Å². The van der Waals surface area contributed by atoms with Crippen LogP contribution in [0.25, 0.3) is 0 Å². The van der Waals surface area contributed by atoms with Crippen molar-refractivity contribution in [3.05, 3.63) is 35.9 Å². The van der Waals surface area contributed by atoms with E-state index in [1.54, 1.807) is 5.56 Å². The average Bonchev–Trinajstić information content (AvgIpc) is 2.38. The van der Waals surface area contributed by atoms with Crippen molar-refractivity contribution in [3.8, 4) is 0 Å². The monoisotopic (exact) mass is 231 g/mol. The van der Waals surface area contributed by atoms with Gasteiger partial charge in [-0.3, -0.25) is 0 Å². The van der Waals surface area contributed by atoms with Crippen molar-refractivity contribution in [1.82, 2.24) is 5.32 Å². The zero-order valence-corrected chi connectivity index (χ0v) is 11.2. The number of rotatable bonds is 4. The van der Waals surface area contributed by atoms with E-state index in [1.165, 1.54) is 32.2 Å². The summed E-state index contributed by atoms with van der Waals surface area (Å²) >= 11 is 0. The molecule has 1 heteroatoms. The fraction of sp³-hybridized carbons (Fsp3) is 0.625. The van der Waals surface area contributed by atoms with Crippen molar-refractivity contribution in [3.63, 3.8) is 0 Å². The predicted molar refractivity (Wildman–Crippen MR) is 74.3 cm³/mol. The maximum Gasteiger partial charge on any atom is 0.00104 e. The standard InChI is InChI=1S/C16H25N/c1-13(2)17-12-14-8-10-16(11-9-14)15-6-4-3-5-7-15/h3-7,13-14,16-17H,8-12H2,1-2H3. The van der Waals surface area contributed by atoms with Crippen LogP contribution in [0.3, 0.4) is 0 Å². The van der Waals surface area contributed by atoms with Gasteiger partial charge in [0, 0.05) is 6.04 Å². The van der Waals surface area contributed by atoms with Crippen LogP contribution in [0.2, 0.25) is 0 Å². The van der Waals surface area contributed by atoms with E-state index in [0.29, 0.717) is 6.04 Å². The highest BCUT2D eigenvalue weighted by molar-refractivity contribution is 5.19. The first-order valence-corrected chi connectivity index (χ1v) is 7.04. The fourth-order valence-electron chi connectivity index (χ4n) is 2.83. The second-order valence-electron chi connectivity index (χ2n) is 5.69. The van der Waals surface area contributed by atoms with Gasteiger partial charge >= 0.3 is 0 Å². The topological polar surface area (TPSA) is 12.0 Å². The van der Waals surface area contributed by atoms with Crippen molar-refractivity contribution < 1.29 is 0 Å². The van der Waals surface area contributed by atoms with E-state index in [0.717, 1.165) is 11.8 Å². The molecule has 0 saturated heterocycles. The third-order valence-electron chi connectivity index (χ3n) is 3.93. The molecule has 0 bridgehead atoms. The number of nitrogens with one attached hydrogen (secondary N) is 1. The molecule has 17 heavy (non-hydrogen) atoms. The molecule has 0 aliphatic heterocycles. The molecule has 1 aromatic rings. The second kappa shape index (κ2) is 6.20. The van der Waals surface area contributed by atoms with Gasteiger partial charge in [0.2, 0.25) is 0 Å². The summed E-state index contributed by atoms with van der Waals surface area (Å²) in [7, 11) is 0. The van der Waals surface area contributed by atoms with Crippen molar-refractivity contribution >= 4 is 0 Å². The van der Waals surface area contributed by atoms with Crippen LogP contribution >= 0.6 is 0 Å². The molecule has 94 valence electrons. The van der Waals surface area contributed by atoms with Crippen molar-refractivity contribution in [1.29, 1.82) is 0 Å². The number of hydrogen-bond acceptors (Lipinski definition) is 1. The second-order valence-corrected chi connectivity index (χ2v) is 5.69. The number of benzene rings is 1. The predicted octanol–water partition coefficient (Wildman–Crippen LogP) is 3.96. The van der Waals surface area contributed by atoms with Gasteiger partial charge in [-0.1, -0.05) is 44.2 Å². The molecule has 1 nitrogen and oxygen atoms in total. The summed E-state index contributed by atoms with van der Waals surface area (Å²) in [6, 6.07) is 11.7. The largest absolute Gasteiger partial charge is 0.314 e. The van der Waals surface area contributed by atoms with Gasteiger partial charge in [-0.15, -0.1) is 0 Å². The molecule has 0 aromatic heterocycles.